The third-order valence-corrected chi connectivity index (χ3v) is 4.20. The largest absolute Gasteiger partial charge is 0.480 e. The van der Waals surface area contributed by atoms with E-state index in [0.29, 0.717) is 23.3 Å². The zero-order chi connectivity index (χ0) is 20.2. The van der Waals surface area contributed by atoms with Crippen molar-refractivity contribution in [3.63, 3.8) is 0 Å². The lowest BCUT2D eigenvalue weighted by atomic mass is 10.1. The van der Waals surface area contributed by atoms with Gasteiger partial charge >= 0.3 is 12.1 Å². The van der Waals surface area contributed by atoms with Crippen molar-refractivity contribution in [3.8, 4) is 0 Å². The summed E-state index contributed by atoms with van der Waals surface area (Å²) < 4.78 is 39.7. The molecule has 0 aliphatic carbocycles. The molecule has 0 saturated heterocycles. The number of carbonyl (C=O) groups is 1. The number of hydrogen-bond acceptors (Lipinski definition) is 5. The molecule has 1 heterocycles. The highest BCUT2D eigenvalue weighted by atomic mass is 35.5. The Kier molecular flexibility index (Phi) is 6.72. The van der Waals surface area contributed by atoms with Crippen LogP contribution in [0.1, 0.15) is 25.3 Å². The maximum Gasteiger partial charge on any atom is 0.421 e. The van der Waals surface area contributed by atoms with Crippen molar-refractivity contribution in [1.82, 2.24) is 9.97 Å². The van der Waals surface area contributed by atoms with Gasteiger partial charge in [-0.3, -0.25) is 0 Å². The summed E-state index contributed by atoms with van der Waals surface area (Å²) in [5.41, 5.74) is -0.761. The first-order chi connectivity index (χ1) is 12.6. The lowest BCUT2D eigenvalue weighted by Crippen LogP contribution is -2.31. The van der Waals surface area contributed by atoms with Crippen molar-refractivity contribution < 1.29 is 23.1 Å². The predicted molar refractivity (Wildman–Crippen MR) is 96.7 cm³/mol. The minimum Gasteiger partial charge on any atom is -0.480 e. The number of carboxylic acid groups (broad SMARTS) is 1. The van der Waals surface area contributed by atoms with E-state index in [1.54, 1.807) is 13.0 Å². The molecular weight excluding hydrogens is 408 g/mol. The first-order valence-electron chi connectivity index (χ1n) is 7.77. The molecule has 0 aliphatic rings. The molecule has 27 heavy (non-hydrogen) atoms. The second-order valence-corrected chi connectivity index (χ2v) is 6.35. The summed E-state index contributed by atoms with van der Waals surface area (Å²) in [4.78, 5) is 18.7. The number of rotatable bonds is 7. The maximum absolute atomic E-state index is 13.2. The summed E-state index contributed by atoms with van der Waals surface area (Å²) >= 11 is 11.7. The Labute approximate surface area is 162 Å². The Morgan fingerprint density at radius 3 is 2.56 bits per heavy atom. The minimum absolute atomic E-state index is 0.131. The van der Waals surface area contributed by atoms with E-state index in [0.717, 1.165) is 0 Å². The van der Waals surface area contributed by atoms with Crippen molar-refractivity contribution in [2.45, 2.75) is 32.0 Å². The highest BCUT2D eigenvalue weighted by Crippen LogP contribution is 2.35. The number of nitrogens with one attached hydrogen (secondary N) is 2. The number of alkyl halides is 3. The summed E-state index contributed by atoms with van der Waals surface area (Å²) in [6.45, 7) is 1.72. The lowest BCUT2D eigenvalue weighted by molar-refractivity contribution is -0.139. The van der Waals surface area contributed by atoms with Gasteiger partial charge in [0.2, 0.25) is 5.95 Å². The zero-order valence-electron chi connectivity index (χ0n) is 13.9. The van der Waals surface area contributed by atoms with Crippen molar-refractivity contribution in [1.29, 1.82) is 0 Å². The quantitative estimate of drug-likeness (QED) is 0.567. The van der Waals surface area contributed by atoms with Crippen LogP contribution in [0.25, 0.3) is 0 Å². The molecule has 1 unspecified atom stereocenters. The van der Waals surface area contributed by atoms with Crippen LogP contribution in [0.5, 0.6) is 0 Å². The Balaban J connectivity index is 2.37. The SMILES string of the molecule is CCCC(Nc1nc(Nc2ccc(Cl)c(Cl)c2)ncc1C(F)(F)F)C(=O)O. The molecular formula is C16H15Cl2F3N4O2. The summed E-state index contributed by atoms with van der Waals surface area (Å²) in [6, 6.07) is 3.27. The van der Waals surface area contributed by atoms with E-state index in [1.165, 1.54) is 12.1 Å². The van der Waals surface area contributed by atoms with Gasteiger partial charge < -0.3 is 15.7 Å². The normalized spacial score (nSPS) is 12.5. The molecule has 0 bridgehead atoms. The monoisotopic (exact) mass is 422 g/mol. The molecule has 6 nitrogen and oxygen atoms in total. The van der Waals surface area contributed by atoms with Crippen LogP contribution in [-0.4, -0.2) is 27.1 Å². The van der Waals surface area contributed by atoms with Gasteiger partial charge in [-0.05, 0) is 24.6 Å². The van der Waals surface area contributed by atoms with Crippen LogP contribution >= 0.6 is 23.2 Å². The van der Waals surface area contributed by atoms with Crippen LogP contribution in [0, 0.1) is 0 Å². The molecule has 146 valence electrons. The average Bonchev–Trinajstić information content (AvgIpc) is 2.57. The van der Waals surface area contributed by atoms with Crippen LogP contribution in [0.15, 0.2) is 24.4 Å². The Hall–Kier alpha value is -2.26. The average molecular weight is 423 g/mol. The second-order valence-electron chi connectivity index (χ2n) is 5.53. The van der Waals surface area contributed by atoms with Gasteiger partial charge in [0.05, 0.1) is 10.0 Å². The van der Waals surface area contributed by atoms with Crippen LogP contribution in [0.3, 0.4) is 0 Å². The van der Waals surface area contributed by atoms with Gasteiger partial charge in [0.15, 0.2) is 0 Å². The van der Waals surface area contributed by atoms with E-state index in [-0.39, 0.29) is 17.4 Å². The molecule has 2 rings (SSSR count). The van der Waals surface area contributed by atoms with Gasteiger partial charge in [-0.25, -0.2) is 9.78 Å². The fraction of sp³-hybridized carbons (Fsp3) is 0.312. The molecule has 3 N–H and O–H groups in total. The summed E-state index contributed by atoms with van der Waals surface area (Å²) in [6.07, 6.45) is -3.57. The van der Waals surface area contributed by atoms with Gasteiger partial charge in [-0.1, -0.05) is 36.5 Å². The van der Waals surface area contributed by atoms with Crippen molar-refractivity contribution >= 4 is 46.6 Å². The summed E-state index contributed by atoms with van der Waals surface area (Å²) in [5, 5.41) is 14.8. The van der Waals surface area contributed by atoms with E-state index in [4.69, 9.17) is 23.2 Å². The molecule has 11 heteroatoms. The highest BCUT2D eigenvalue weighted by Gasteiger charge is 2.36. The first-order valence-corrected chi connectivity index (χ1v) is 8.53. The van der Waals surface area contributed by atoms with E-state index in [9.17, 15) is 23.1 Å². The van der Waals surface area contributed by atoms with Crippen molar-refractivity contribution in [2.24, 2.45) is 0 Å². The van der Waals surface area contributed by atoms with Gasteiger partial charge in [0.25, 0.3) is 0 Å². The van der Waals surface area contributed by atoms with Gasteiger partial charge in [0.1, 0.15) is 17.4 Å². The number of carboxylic acids is 1. The predicted octanol–water partition coefficient (Wildman–Crippen LogP) is 5.21. The number of aromatic nitrogens is 2. The number of halogens is 5. The molecule has 0 amide bonds. The zero-order valence-corrected chi connectivity index (χ0v) is 15.5. The third-order valence-electron chi connectivity index (χ3n) is 3.46. The third kappa shape index (κ3) is 5.61. The van der Waals surface area contributed by atoms with Gasteiger partial charge in [-0.2, -0.15) is 18.2 Å². The summed E-state index contributed by atoms with van der Waals surface area (Å²) in [7, 11) is 0. The standard InChI is InChI=1S/C16H15Cl2F3N4O2/c1-2-3-12(14(26)27)24-13-9(16(19,20)21)7-22-15(25-13)23-8-4-5-10(17)11(18)6-8/h4-7,12H,2-3H2,1H3,(H,26,27)(H2,22,23,24,25). The molecule has 1 aromatic carbocycles. The Morgan fingerprint density at radius 2 is 2.00 bits per heavy atom. The summed E-state index contributed by atoms with van der Waals surface area (Å²) in [5.74, 6) is -2.06. The molecule has 0 aliphatic heterocycles. The number of aliphatic carboxylic acids is 1. The number of nitrogens with zero attached hydrogens (tertiary/aromatic N) is 2. The first kappa shape index (κ1) is 21.0. The van der Waals surface area contributed by atoms with Crippen LogP contribution in [0.4, 0.5) is 30.6 Å². The lowest BCUT2D eigenvalue weighted by Gasteiger charge is -2.19. The molecule has 0 radical (unpaired) electrons. The number of anilines is 3. The fourth-order valence-electron chi connectivity index (χ4n) is 2.17. The maximum atomic E-state index is 13.2. The van der Waals surface area contributed by atoms with Crippen LogP contribution in [0.2, 0.25) is 10.0 Å². The Morgan fingerprint density at radius 1 is 1.30 bits per heavy atom. The molecule has 1 atom stereocenters. The molecule has 2 aromatic rings. The fourth-order valence-corrected chi connectivity index (χ4v) is 2.47. The van der Waals surface area contributed by atoms with E-state index < -0.39 is 29.6 Å². The van der Waals surface area contributed by atoms with E-state index in [2.05, 4.69) is 20.6 Å². The number of benzene rings is 1. The second kappa shape index (κ2) is 8.62. The van der Waals surface area contributed by atoms with Crippen molar-refractivity contribution in [2.75, 3.05) is 10.6 Å². The van der Waals surface area contributed by atoms with Crippen LogP contribution < -0.4 is 10.6 Å². The highest BCUT2D eigenvalue weighted by molar-refractivity contribution is 6.42. The van der Waals surface area contributed by atoms with E-state index in [1.807, 2.05) is 0 Å². The molecule has 0 saturated carbocycles. The Bertz CT molecular complexity index is 834. The minimum atomic E-state index is -4.75. The van der Waals surface area contributed by atoms with Crippen molar-refractivity contribution in [3.05, 3.63) is 40.0 Å². The van der Waals surface area contributed by atoms with Crippen LogP contribution in [-0.2, 0) is 11.0 Å². The topological polar surface area (TPSA) is 87.1 Å². The smallest absolute Gasteiger partial charge is 0.421 e. The van der Waals surface area contributed by atoms with Gasteiger partial charge in [-0.15, -0.1) is 0 Å². The number of hydrogen-bond donors (Lipinski definition) is 3. The van der Waals surface area contributed by atoms with Gasteiger partial charge in [0, 0.05) is 11.9 Å². The van der Waals surface area contributed by atoms with E-state index >= 15 is 0 Å². The molecule has 1 aromatic heterocycles. The molecule has 0 spiro atoms. The molecule has 0 fully saturated rings.